The fourth-order valence-electron chi connectivity index (χ4n) is 1.81. The van der Waals surface area contributed by atoms with Gasteiger partial charge in [-0.05, 0) is 37.7 Å². The number of amides is 2. The quantitative estimate of drug-likeness (QED) is 0.228. The molecule has 0 heterocycles. The molecule has 26 heavy (non-hydrogen) atoms. The molecule has 4 N–H and O–H groups in total. The van der Waals surface area contributed by atoms with Crippen LogP contribution in [-0.2, 0) is 14.3 Å². The summed E-state index contributed by atoms with van der Waals surface area (Å²) in [6.07, 6.45) is 2.44. The standard InChI is InChI=1S/C17H21N3O5S/c1-2-25-15(23)9-8-14(22)20-17(26)19-13-7-4-3-6-12(13)16(24)18-10-5-11-21/h3-4,6-9,21H,2,5,10-11H2,1H3,(H,18,24)(H2,19,20,22,26)/b9-8+. The second-order valence-electron chi connectivity index (χ2n) is 4.91. The summed E-state index contributed by atoms with van der Waals surface area (Å²) in [5.74, 6) is -1.58. The Hall–Kier alpha value is -2.78. The van der Waals surface area contributed by atoms with E-state index in [1.165, 1.54) is 0 Å². The molecule has 0 aliphatic heterocycles. The lowest BCUT2D eigenvalue weighted by Crippen LogP contribution is -2.34. The Balaban J connectivity index is 2.65. The number of esters is 1. The molecule has 0 unspecified atom stereocenters. The van der Waals surface area contributed by atoms with Gasteiger partial charge in [0.15, 0.2) is 5.11 Å². The number of carbonyl (C=O) groups excluding carboxylic acids is 3. The van der Waals surface area contributed by atoms with Crippen LogP contribution in [0.4, 0.5) is 5.69 Å². The van der Waals surface area contributed by atoms with E-state index in [1.807, 2.05) is 0 Å². The predicted molar refractivity (Wildman–Crippen MR) is 101 cm³/mol. The van der Waals surface area contributed by atoms with Gasteiger partial charge in [0.1, 0.15) is 0 Å². The lowest BCUT2D eigenvalue weighted by molar-refractivity contribution is -0.137. The van der Waals surface area contributed by atoms with Crippen molar-refractivity contribution in [2.24, 2.45) is 0 Å². The summed E-state index contributed by atoms with van der Waals surface area (Å²) < 4.78 is 4.66. The summed E-state index contributed by atoms with van der Waals surface area (Å²) in [6.45, 7) is 2.18. The minimum Gasteiger partial charge on any atom is -0.463 e. The van der Waals surface area contributed by atoms with Gasteiger partial charge < -0.3 is 20.5 Å². The third-order valence-electron chi connectivity index (χ3n) is 2.93. The van der Waals surface area contributed by atoms with E-state index in [4.69, 9.17) is 17.3 Å². The molecule has 0 aliphatic carbocycles. The van der Waals surface area contributed by atoms with Crippen molar-refractivity contribution in [1.29, 1.82) is 0 Å². The van der Waals surface area contributed by atoms with Crippen LogP contribution in [0.1, 0.15) is 23.7 Å². The second-order valence-corrected chi connectivity index (χ2v) is 5.32. The first-order valence-electron chi connectivity index (χ1n) is 7.92. The Morgan fingerprint density at radius 1 is 1.23 bits per heavy atom. The van der Waals surface area contributed by atoms with Gasteiger partial charge in [-0.15, -0.1) is 0 Å². The van der Waals surface area contributed by atoms with E-state index in [2.05, 4.69) is 20.7 Å². The highest BCUT2D eigenvalue weighted by atomic mass is 32.1. The topological polar surface area (TPSA) is 117 Å². The van der Waals surface area contributed by atoms with Gasteiger partial charge in [0, 0.05) is 25.3 Å². The van der Waals surface area contributed by atoms with Gasteiger partial charge in [0.05, 0.1) is 17.9 Å². The van der Waals surface area contributed by atoms with Crippen molar-refractivity contribution in [2.75, 3.05) is 25.1 Å². The predicted octanol–water partition coefficient (Wildman–Crippen LogP) is 0.731. The first kappa shape index (κ1) is 21.3. The summed E-state index contributed by atoms with van der Waals surface area (Å²) in [5, 5.41) is 16.5. The Bertz CT molecular complexity index is 691. The second kappa shape index (κ2) is 11.7. The van der Waals surface area contributed by atoms with E-state index in [0.717, 1.165) is 12.2 Å². The third-order valence-corrected chi connectivity index (χ3v) is 3.14. The molecule has 1 aromatic carbocycles. The number of anilines is 1. The summed E-state index contributed by atoms with van der Waals surface area (Å²) in [4.78, 5) is 35.0. The van der Waals surface area contributed by atoms with E-state index < -0.39 is 11.9 Å². The van der Waals surface area contributed by atoms with Crippen LogP contribution < -0.4 is 16.0 Å². The molecule has 0 atom stereocenters. The van der Waals surface area contributed by atoms with Crippen molar-refractivity contribution >= 4 is 40.8 Å². The lowest BCUT2D eigenvalue weighted by atomic mass is 10.1. The number of hydrogen-bond donors (Lipinski definition) is 4. The van der Waals surface area contributed by atoms with Gasteiger partial charge in [0.2, 0.25) is 5.91 Å². The number of carbonyl (C=O) groups is 3. The SMILES string of the molecule is CCOC(=O)/C=C/C(=O)NC(=S)Nc1ccccc1C(=O)NCCCO. The normalized spacial score (nSPS) is 10.2. The molecule has 0 aliphatic rings. The van der Waals surface area contributed by atoms with Crippen molar-refractivity contribution in [3.63, 3.8) is 0 Å². The van der Waals surface area contributed by atoms with E-state index in [-0.39, 0.29) is 24.2 Å². The zero-order chi connectivity index (χ0) is 19.4. The molecular formula is C17H21N3O5S. The van der Waals surface area contributed by atoms with Crippen molar-refractivity contribution in [2.45, 2.75) is 13.3 Å². The molecule has 0 saturated heterocycles. The summed E-state index contributed by atoms with van der Waals surface area (Å²) in [5.41, 5.74) is 0.748. The van der Waals surface area contributed by atoms with Crippen LogP contribution in [0.5, 0.6) is 0 Å². The van der Waals surface area contributed by atoms with Crippen molar-refractivity contribution in [3.8, 4) is 0 Å². The van der Waals surface area contributed by atoms with Gasteiger partial charge >= 0.3 is 5.97 Å². The molecule has 1 rings (SSSR count). The molecule has 0 fully saturated rings. The van der Waals surface area contributed by atoms with Crippen LogP contribution in [0.2, 0.25) is 0 Å². The van der Waals surface area contributed by atoms with Gasteiger partial charge in [-0.1, -0.05) is 12.1 Å². The average molecular weight is 379 g/mol. The smallest absolute Gasteiger partial charge is 0.330 e. The highest BCUT2D eigenvalue weighted by molar-refractivity contribution is 7.80. The van der Waals surface area contributed by atoms with Gasteiger partial charge in [0.25, 0.3) is 5.91 Å². The third kappa shape index (κ3) is 7.86. The van der Waals surface area contributed by atoms with E-state index in [1.54, 1.807) is 31.2 Å². The number of para-hydroxylation sites is 1. The molecule has 2 amide bonds. The molecule has 1 aromatic rings. The Morgan fingerprint density at radius 2 is 1.96 bits per heavy atom. The minimum atomic E-state index is -0.633. The molecule has 0 saturated carbocycles. The van der Waals surface area contributed by atoms with Gasteiger partial charge in [-0.3, -0.25) is 14.9 Å². The molecule has 0 bridgehead atoms. The van der Waals surface area contributed by atoms with E-state index in [0.29, 0.717) is 24.2 Å². The number of nitrogens with one attached hydrogen (secondary N) is 3. The molecule has 0 radical (unpaired) electrons. The highest BCUT2D eigenvalue weighted by Gasteiger charge is 2.12. The zero-order valence-corrected chi connectivity index (χ0v) is 15.1. The Morgan fingerprint density at radius 3 is 2.65 bits per heavy atom. The lowest BCUT2D eigenvalue weighted by Gasteiger charge is -2.13. The highest BCUT2D eigenvalue weighted by Crippen LogP contribution is 2.14. The van der Waals surface area contributed by atoms with Gasteiger partial charge in [-0.25, -0.2) is 4.79 Å². The first-order chi connectivity index (χ1) is 12.5. The van der Waals surface area contributed by atoms with E-state index in [9.17, 15) is 14.4 Å². The van der Waals surface area contributed by atoms with Crippen LogP contribution in [0, 0.1) is 0 Å². The summed E-state index contributed by atoms with van der Waals surface area (Å²) >= 11 is 5.04. The monoisotopic (exact) mass is 379 g/mol. The number of rotatable bonds is 8. The van der Waals surface area contributed by atoms with Crippen molar-refractivity contribution < 1.29 is 24.2 Å². The minimum absolute atomic E-state index is 0.0182. The molecule has 9 heteroatoms. The maximum atomic E-state index is 12.2. The number of hydrogen-bond acceptors (Lipinski definition) is 6. The van der Waals surface area contributed by atoms with Crippen LogP contribution in [0.15, 0.2) is 36.4 Å². The van der Waals surface area contributed by atoms with Crippen molar-refractivity contribution in [3.05, 3.63) is 42.0 Å². The van der Waals surface area contributed by atoms with Crippen molar-refractivity contribution in [1.82, 2.24) is 10.6 Å². The molecular weight excluding hydrogens is 358 g/mol. The molecule has 0 spiro atoms. The van der Waals surface area contributed by atoms with Crippen LogP contribution >= 0.6 is 12.2 Å². The molecule has 0 aromatic heterocycles. The molecule has 8 nitrogen and oxygen atoms in total. The number of benzene rings is 1. The van der Waals surface area contributed by atoms with Crippen LogP contribution in [-0.4, -0.2) is 47.8 Å². The largest absolute Gasteiger partial charge is 0.463 e. The fraction of sp³-hybridized carbons (Fsp3) is 0.294. The number of ether oxygens (including phenoxy) is 1. The van der Waals surface area contributed by atoms with E-state index >= 15 is 0 Å². The molecule has 140 valence electrons. The number of aliphatic hydroxyl groups excluding tert-OH is 1. The van der Waals surface area contributed by atoms with Crippen LogP contribution in [0.3, 0.4) is 0 Å². The fourth-order valence-corrected chi connectivity index (χ4v) is 2.02. The maximum Gasteiger partial charge on any atom is 0.330 e. The Kier molecular flexibility index (Phi) is 9.58. The summed E-state index contributed by atoms with van der Waals surface area (Å²) in [7, 11) is 0. The number of aliphatic hydroxyl groups is 1. The first-order valence-corrected chi connectivity index (χ1v) is 8.33. The average Bonchev–Trinajstić information content (AvgIpc) is 2.60. The summed E-state index contributed by atoms with van der Waals surface area (Å²) in [6, 6.07) is 6.63. The Labute approximate surface area is 156 Å². The van der Waals surface area contributed by atoms with Crippen LogP contribution in [0.25, 0.3) is 0 Å². The van der Waals surface area contributed by atoms with Gasteiger partial charge in [-0.2, -0.15) is 0 Å². The maximum absolute atomic E-state index is 12.2. The number of thiocarbonyl (C=S) groups is 1. The zero-order valence-electron chi connectivity index (χ0n) is 14.3.